The van der Waals surface area contributed by atoms with E-state index in [0.717, 1.165) is 0 Å². The summed E-state index contributed by atoms with van der Waals surface area (Å²) in [5.74, 6) is -0.707. The van der Waals surface area contributed by atoms with Crippen LogP contribution in [0.4, 0.5) is 0 Å². The van der Waals surface area contributed by atoms with Gasteiger partial charge in [-0.3, -0.25) is 19.4 Å². The molecule has 0 radical (unpaired) electrons. The Balaban J connectivity index is 1.50. The second-order valence-electron chi connectivity index (χ2n) is 9.81. The number of benzene rings is 1. The van der Waals surface area contributed by atoms with Crippen LogP contribution in [0, 0.1) is 5.92 Å². The standard InChI is InChI=1S/C26H32N4O6S/c1-17(2)14-21(28-25(32)18-7-9-20(36-3)10-8-18)26(33)29-13-11-22-24(29)23(31)15-30(22)37(34,35)16-19-6-4-5-12-27-19/h4-10,12,17,21-22,24H,11,13-16H2,1-3H3,(H,28,32). The van der Waals surface area contributed by atoms with Crippen molar-refractivity contribution < 1.29 is 27.5 Å². The molecule has 3 unspecified atom stereocenters. The summed E-state index contributed by atoms with van der Waals surface area (Å²) in [7, 11) is -2.28. The maximum atomic E-state index is 13.6. The van der Waals surface area contributed by atoms with E-state index < -0.39 is 34.1 Å². The van der Waals surface area contributed by atoms with Crippen molar-refractivity contribution in [1.29, 1.82) is 0 Å². The molecule has 37 heavy (non-hydrogen) atoms. The number of ether oxygens (including phenoxy) is 1. The molecule has 0 spiro atoms. The smallest absolute Gasteiger partial charge is 0.251 e. The zero-order chi connectivity index (χ0) is 26.7. The van der Waals surface area contributed by atoms with E-state index in [-0.39, 0.29) is 36.5 Å². The second kappa shape index (κ2) is 11.0. The van der Waals surface area contributed by atoms with Gasteiger partial charge in [0.1, 0.15) is 23.6 Å². The summed E-state index contributed by atoms with van der Waals surface area (Å²) in [6, 6.07) is 9.25. The number of amides is 2. The molecular formula is C26H32N4O6S. The van der Waals surface area contributed by atoms with Crippen LogP contribution in [-0.4, -0.2) is 78.5 Å². The van der Waals surface area contributed by atoms with Gasteiger partial charge in [0, 0.05) is 18.3 Å². The van der Waals surface area contributed by atoms with Crippen molar-refractivity contribution in [3.63, 3.8) is 0 Å². The van der Waals surface area contributed by atoms with Crippen molar-refractivity contribution in [2.45, 2.75) is 50.6 Å². The van der Waals surface area contributed by atoms with Crippen molar-refractivity contribution in [2.24, 2.45) is 5.92 Å². The normalized spacial score (nSPS) is 20.6. The molecule has 0 aliphatic carbocycles. The molecule has 2 saturated heterocycles. The maximum Gasteiger partial charge on any atom is 0.251 e. The minimum Gasteiger partial charge on any atom is -0.497 e. The summed E-state index contributed by atoms with van der Waals surface area (Å²) >= 11 is 0. The molecule has 2 aromatic rings. The molecule has 4 rings (SSSR count). The highest BCUT2D eigenvalue weighted by Gasteiger charge is 2.54. The predicted octanol–water partition coefficient (Wildman–Crippen LogP) is 1.62. The van der Waals surface area contributed by atoms with Crippen molar-refractivity contribution in [3.8, 4) is 5.75 Å². The van der Waals surface area contributed by atoms with Gasteiger partial charge in [0.25, 0.3) is 5.91 Å². The van der Waals surface area contributed by atoms with Gasteiger partial charge in [-0.1, -0.05) is 19.9 Å². The van der Waals surface area contributed by atoms with E-state index in [0.29, 0.717) is 29.8 Å². The lowest BCUT2D eigenvalue weighted by molar-refractivity contribution is -0.138. The van der Waals surface area contributed by atoms with E-state index in [4.69, 9.17) is 4.74 Å². The average Bonchev–Trinajstić information content (AvgIpc) is 3.45. The molecule has 0 saturated carbocycles. The van der Waals surface area contributed by atoms with Crippen LogP contribution >= 0.6 is 0 Å². The SMILES string of the molecule is COc1ccc(C(=O)NC(CC(C)C)C(=O)N2CCC3C2C(=O)CN3S(=O)(=O)Cc2ccccn2)cc1. The molecule has 10 nitrogen and oxygen atoms in total. The molecule has 2 fully saturated rings. The number of Topliss-reactive ketones (excluding diaryl/α,β-unsaturated/α-hetero) is 1. The van der Waals surface area contributed by atoms with Gasteiger partial charge in [-0.05, 0) is 55.2 Å². The van der Waals surface area contributed by atoms with Crippen LogP contribution in [0.2, 0.25) is 0 Å². The summed E-state index contributed by atoms with van der Waals surface area (Å²) < 4.78 is 32.7. The van der Waals surface area contributed by atoms with Gasteiger partial charge >= 0.3 is 0 Å². The van der Waals surface area contributed by atoms with Crippen LogP contribution in [0.5, 0.6) is 5.75 Å². The molecule has 2 amide bonds. The Kier molecular flexibility index (Phi) is 7.93. The molecule has 198 valence electrons. The molecule has 1 aromatic carbocycles. The van der Waals surface area contributed by atoms with Gasteiger partial charge in [-0.2, -0.15) is 4.31 Å². The fourth-order valence-electron chi connectivity index (χ4n) is 5.01. The van der Waals surface area contributed by atoms with Crippen LogP contribution in [0.25, 0.3) is 0 Å². The van der Waals surface area contributed by atoms with Gasteiger partial charge in [0.15, 0.2) is 5.78 Å². The first-order chi connectivity index (χ1) is 17.6. The Morgan fingerprint density at radius 2 is 1.89 bits per heavy atom. The number of aromatic nitrogens is 1. The average molecular weight is 529 g/mol. The number of rotatable bonds is 9. The van der Waals surface area contributed by atoms with Crippen molar-refractivity contribution in [3.05, 3.63) is 59.9 Å². The zero-order valence-electron chi connectivity index (χ0n) is 21.2. The highest BCUT2D eigenvalue weighted by atomic mass is 32.2. The third-order valence-electron chi connectivity index (χ3n) is 6.74. The highest BCUT2D eigenvalue weighted by Crippen LogP contribution is 2.33. The molecule has 3 atom stereocenters. The Hall–Kier alpha value is -3.31. The maximum absolute atomic E-state index is 13.6. The van der Waals surface area contributed by atoms with Crippen LogP contribution in [0.15, 0.2) is 48.7 Å². The summed E-state index contributed by atoms with van der Waals surface area (Å²) in [6.07, 6.45) is 2.25. The number of fused-ring (bicyclic) bond motifs is 1. The number of nitrogens with zero attached hydrogens (tertiary/aromatic N) is 3. The van der Waals surface area contributed by atoms with Crippen molar-refractivity contribution in [2.75, 3.05) is 20.2 Å². The van der Waals surface area contributed by atoms with Crippen molar-refractivity contribution in [1.82, 2.24) is 19.5 Å². The first-order valence-corrected chi connectivity index (χ1v) is 13.9. The number of hydrogen-bond acceptors (Lipinski definition) is 7. The Bertz CT molecular complexity index is 1250. The van der Waals surface area contributed by atoms with Crippen LogP contribution in [0.1, 0.15) is 42.7 Å². The van der Waals surface area contributed by atoms with E-state index in [9.17, 15) is 22.8 Å². The molecule has 2 aliphatic heterocycles. The van der Waals surface area contributed by atoms with E-state index >= 15 is 0 Å². The molecule has 11 heteroatoms. The minimum atomic E-state index is -3.82. The number of methoxy groups -OCH3 is 1. The minimum absolute atomic E-state index is 0.0954. The quantitative estimate of drug-likeness (QED) is 0.524. The topological polar surface area (TPSA) is 126 Å². The largest absolute Gasteiger partial charge is 0.497 e. The first-order valence-electron chi connectivity index (χ1n) is 12.3. The number of hydrogen-bond donors (Lipinski definition) is 1. The van der Waals surface area contributed by atoms with Gasteiger partial charge in [-0.25, -0.2) is 8.42 Å². The number of ketones is 1. The van der Waals surface area contributed by atoms with E-state index in [2.05, 4.69) is 10.3 Å². The highest BCUT2D eigenvalue weighted by molar-refractivity contribution is 7.88. The summed E-state index contributed by atoms with van der Waals surface area (Å²) in [6.45, 7) is 3.85. The third-order valence-corrected chi connectivity index (χ3v) is 8.51. The Labute approximate surface area is 217 Å². The van der Waals surface area contributed by atoms with Gasteiger partial charge in [0.05, 0.1) is 25.4 Å². The fourth-order valence-corrected chi connectivity index (χ4v) is 6.68. The molecule has 3 heterocycles. The number of carbonyl (C=O) groups is 3. The predicted molar refractivity (Wildman–Crippen MR) is 136 cm³/mol. The van der Waals surface area contributed by atoms with E-state index in [1.807, 2.05) is 13.8 Å². The molecule has 1 N–H and O–H groups in total. The molecule has 0 bridgehead atoms. The monoisotopic (exact) mass is 528 g/mol. The summed E-state index contributed by atoms with van der Waals surface area (Å²) in [5.41, 5.74) is 0.771. The molecule has 1 aromatic heterocycles. The number of pyridine rings is 1. The number of likely N-dealkylation sites (tertiary alicyclic amines) is 1. The number of sulfonamides is 1. The molecule has 2 aliphatic rings. The Morgan fingerprint density at radius 3 is 2.51 bits per heavy atom. The lowest BCUT2D eigenvalue weighted by Crippen LogP contribution is -2.53. The summed E-state index contributed by atoms with van der Waals surface area (Å²) in [5, 5.41) is 2.83. The lowest BCUT2D eigenvalue weighted by Gasteiger charge is -2.29. The number of nitrogens with one attached hydrogen (secondary N) is 1. The van der Waals surface area contributed by atoms with Crippen molar-refractivity contribution >= 4 is 27.6 Å². The van der Waals surface area contributed by atoms with Crippen LogP contribution < -0.4 is 10.1 Å². The number of carbonyl (C=O) groups excluding carboxylic acids is 3. The van der Waals surface area contributed by atoms with Gasteiger partial charge < -0.3 is 15.0 Å². The van der Waals surface area contributed by atoms with E-state index in [1.165, 1.54) is 22.5 Å². The van der Waals surface area contributed by atoms with Crippen LogP contribution in [0.3, 0.4) is 0 Å². The van der Waals surface area contributed by atoms with Gasteiger partial charge in [0.2, 0.25) is 15.9 Å². The van der Waals surface area contributed by atoms with Crippen LogP contribution in [-0.2, 0) is 25.4 Å². The van der Waals surface area contributed by atoms with E-state index in [1.54, 1.807) is 42.5 Å². The zero-order valence-corrected chi connectivity index (χ0v) is 22.0. The van der Waals surface area contributed by atoms with Gasteiger partial charge in [-0.15, -0.1) is 0 Å². The third kappa shape index (κ3) is 5.83. The second-order valence-corrected chi connectivity index (χ2v) is 11.7. The Morgan fingerprint density at radius 1 is 1.16 bits per heavy atom. The fraction of sp³-hybridized carbons (Fsp3) is 0.462. The molecular weight excluding hydrogens is 496 g/mol. The lowest BCUT2D eigenvalue weighted by atomic mass is 10.0. The first kappa shape index (κ1) is 26.7. The summed E-state index contributed by atoms with van der Waals surface area (Å²) in [4.78, 5) is 45.1.